The molecule has 174 valence electrons. The minimum atomic E-state index is -5.05. The predicted molar refractivity (Wildman–Crippen MR) is 105 cm³/mol. The van der Waals surface area contributed by atoms with E-state index in [-0.39, 0.29) is 5.75 Å². The molecule has 0 radical (unpaired) electrons. The lowest BCUT2D eigenvalue weighted by Gasteiger charge is -2.23. The van der Waals surface area contributed by atoms with Crippen LogP contribution in [0.3, 0.4) is 0 Å². The Balaban J connectivity index is 1.97. The van der Waals surface area contributed by atoms with Crippen molar-refractivity contribution in [2.45, 2.75) is 13.0 Å². The zero-order chi connectivity index (χ0) is 24.3. The highest BCUT2D eigenvalue weighted by molar-refractivity contribution is 7.52. The molecule has 13 heteroatoms. The minimum absolute atomic E-state index is 0.230. The zero-order valence-electron chi connectivity index (χ0n) is 16.6. The van der Waals surface area contributed by atoms with Gasteiger partial charge in [0, 0.05) is 11.8 Å². The van der Waals surface area contributed by atoms with Crippen LogP contribution in [0.15, 0.2) is 48.7 Å². The summed E-state index contributed by atoms with van der Waals surface area (Å²) in [7, 11) is -5.05. The summed E-state index contributed by atoms with van der Waals surface area (Å²) in [6, 6.07) is 8.92. The van der Waals surface area contributed by atoms with Gasteiger partial charge < -0.3 is 14.2 Å². The first kappa shape index (κ1) is 24.1. The van der Waals surface area contributed by atoms with Crippen molar-refractivity contribution in [1.82, 2.24) is 10.1 Å². The molecule has 0 spiro atoms. The standard InChI is InChI=1S/C20H14F5N2O5P/c1-10(20(28)29)27-33(30,32-19-17(24)15(22)14(21)16(23)18(19)25)31-12-7-5-11(6-8-12)13-4-2-3-9-26-13/h2-10H,1H3,(H,27,30)(H,28,29). The SMILES string of the molecule is CC(NP(=O)(Oc1ccc(-c2ccccn2)cc1)Oc1c(F)c(F)c(F)c(F)c1F)C(=O)O. The van der Waals surface area contributed by atoms with Gasteiger partial charge in [-0.1, -0.05) is 6.07 Å². The number of pyridine rings is 1. The summed E-state index contributed by atoms with van der Waals surface area (Å²) in [5, 5.41) is 10.9. The summed E-state index contributed by atoms with van der Waals surface area (Å²) in [6.45, 7) is 0.990. The second kappa shape index (κ2) is 9.55. The first-order valence-electron chi connectivity index (χ1n) is 9.05. The Morgan fingerprint density at radius 2 is 1.52 bits per heavy atom. The fourth-order valence-corrected chi connectivity index (χ4v) is 4.04. The molecule has 3 rings (SSSR count). The van der Waals surface area contributed by atoms with Gasteiger partial charge in [-0.2, -0.15) is 13.9 Å². The van der Waals surface area contributed by atoms with Gasteiger partial charge in [0.05, 0.1) is 5.69 Å². The lowest BCUT2D eigenvalue weighted by atomic mass is 10.1. The number of aliphatic carboxylic acids is 1. The molecular weight excluding hydrogens is 474 g/mol. The summed E-state index contributed by atoms with van der Waals surface area (Å²) < 4.78 is 91.2. The number of aromatic nitrogens is 1. The largest absolute Gasteiger partial charge is 0.513 e. The highest BCUT2D eigenvalue weighted by Crippen LogP contribution is 2.47. The summed E-state index contributed by atoms with van der Waals surface area (Å²) in [5.74, 6) is -15.7. The van der Waals surface area contributed by atoms with Gasteiger partial charge in [-0.05, 0) is 43.3 Å². The molecule has 0 bridgehead atoms. The summed E-state index contributed by atoms with van der Waals surface area (Å²) in [5.41, 5.74) is 1.17. The van der Waals surface area contributed by atoms with E-state index in [4.69, 9.17) is 9.63 Å². The second-order valence-electron chi connectivity index (χ2n) is 6.51. The molecular formula is C20H14F5N2O5P. The van der Waals surface area contributed by atoms with E-state index in [1.807, 2.05) is 5.09 Å². The summed E-state index contributed by atoms with van der Waals surface area (Å²) >= 11 is 0. The van der Waals surface area contributed by atoms with Crippen LogP contribution in [0.5, 0.6) is 11.5 Å². The first-order valence-corrected chi connectivity index (χ1v) is 10.6. The number of halogens is 5. The fourth-order valence-electron chi connectivity index (χ4n) is 2.51. The molecule has 0 aliphatic carbocycles. The van der Waals surface area contributed by atoms with Crippen LogP contribution in [-0.4, -0.2) is 22.1 Å². The maximum absolute atomic E-state index is 14.0. The molecule has 0 saturated carbocycles. The zero-order valence-corrected chi connectivity index (χ0v) is 17.5. The highest BCUT2D eigenvalue weighted by Gasteiger charge is 2.38. The van der Waals surface area contributed by atoms with Crippen LogP contribution >= 0.6 is 7.75 Å². The highest BCUT2D eigenvalue weighted by atomic mass is 31.2. The Morgan fingerprint density at radius 1 is 0.939 bits per heavy atom. The van der Waals surface area contributed by atoms with Gasteiger partial charge in [0.25, 0.3) is 0 Å². The number of benzene rings is 2. The van der Waals surface area contributed by atoms with E-state index in [1.165, 1.54) is 24.3 Å². The van der Waals surface area contributed by atoms with Crippen molar-refractivity contribution in [1.29, 1.82) is 0 Å². The average Bonchev–Trinajstić information content (AvgIpc) is 2.80. The van der Waals surface area contributed by atoms with Crippen molar-refractivity contribution in [3.8, 4) is 22.8 Å². The fraction of sp³-hybridized carbons (Fsp3) is 0.100. The third kappa shape index (κ3) is 5.29. The average molecular weight is 488 g/mol. The quantitative estimate of drug-likeness (QED) is 0.198. The van der Waals surface area contributed by atoms with Gasteiger partial charge in [0.2, 0.25) is 34.8 Å². The van der Waals surface area contributed by atoms with Crippen LogP contribution in [0.2, 0.25) is 0 Å². The lowest BCUT2D eigenvalue weighted by Crippen LogP contribution is -2.34. The second-order valence-corrected chi connectivity index (χ2v) is 8.13. The van der Waals surface area contributed by atoms with Gasteiger partial charge in [-0.25, -0.2) is 17.7 Å². The van der Waals surface area contributed by atoms with E-state index in [1.54, 1.807) is 24.4 Å². The van der Waals surface area contributed by atoms with Crippen LogP contribution in [0.25, 0.3) is 11.3 Å². The number of rotatable bonds is 8. The molecule has 0 aliphatic heterocycles. The van der Waals surface area contributed by atoms with E-state index in [0.717, 1.165) is 6.92 Å². The molecule has 1 heterocycles. The molecule has 0 aliphatic rings. The number of hydrogen-bond acceptors (Lipinski definition) is 5. The Hall–Kier alpha value is -3.50. The Bertz CT molecular complexity index is 1200. The molecule has 3 aromatic rings. The molecule has 2 atom stereocenters. The Kier molecular flexibility index (Phi) is 6.99. The van der Waals surface area contributed by atoms with Gasteiger partial charge in [0.15, 0.2) is 0 Å². The van der Waals surface area contributed by atoms with Crippen LogP contribution in [-0.2, 0) is 9.36 Å². The van der Waals surface area contributed by atoms with Gasteiger partial charge in [0.1, 0.15) is 11.8 Å². The smallest absolute Gasteiger partial charge is 0.480 e. The maximum Gasteiger partial charge on any atom is 0.513 e. The van der Waals surface area contributed by atoms with Crippen molar-refractivity contribution < 1.29 is 45.5 Å². The van der Waals surface area contributed by atoms with Crippen LogP contribution in [0.1, 0.15) is 6.92 Å². The van der Waals surface area contributed by atoms with E-state index < -0.39 is 54.6 Å². The topological polar surface area (TPSA) is 97.8 Å². The van der Waals surface area contributed by atoms with Crippen LogP contribution in [0, 0.1) is 29.1 Å². The number of carbonyl (C=O) groups is 1. The van der Waals surface area contributed by atoms with Crippen molar-refractivity contribution in [2.24, 2.45) is 0 Å². The van der Waals surface area contributed by atoms with E-state index in [2.05, 4.69) is 9.51 Å². The van der Waals surface area contributed by atoms with E-state index in [9.17, 15) is 31.3 Å². The Labute approximate surface area is 183 Å². The molecule has 7 nitrogen and oxygen atoms in total. The van der Waals surface area contributed by atoms with E-state index in [0.29, 0.717) is 11.3 Å². The number of nitrogens with one attached hydrogen (secondary N) is 1. The molecule has 0 fully saturated rings. The molecule has 33 heavy (non-hydrogen) atoms. The minimum Gasteiger partial charge on any atom is -0.480 e. The number of carboxylic acid groups (broad SMARTS) is 1. The van der Waals surface area contributed by atoms with Crippen molar-refractivity contribution >= 4 is 13.7 Å². The molecule has 0 amide bonds. The Morgan fingerprint density at radius 3 is 2.03 bits per heavy atom. The normalized spacial score (nSPS) is 13.8. The van der Waals surface area contributed by atoms with Crippen molar-refractivity contribution in [2.75, 3.05) is 0 Å². The van der Waals surface area contributed by atoms with E-state index >= 15 is 0 Å². The molecule has 2 N–H and O–H groups in total. The van der Waals surface area contributed by atoms with Gasteiger partial charge in [-0.3, -0.25) is 9.78 Å². The molecule has 1 aromatic heterocycles. The van der Waals surface area contributed by atoms with Crippen LogP contribution in [0.4, 0.5) is 22.0 Å². The number of nitrogens with zero attached hydrogens (tertiary/aromatic N) is 1. The van der Waals surface area contributed by atoms with Gasteiger partial charge in [-0.15, -0.1) is 0 Å². The van der Waals surface area contributed by atoms with Gasteiger partial charge >= 0.3 is 13.7 Å². The third-order valence-electron chi connectivity index (χ3n) is 4.14. The van der Waals surface area contributed by atoms with Crippen LogP contribution < -0.4 is 14.1 Å². The van der Waals surface area contributed by atoms with Crippen molar-refractivity contribution in [3.05, 3.63) is 77.7 Å². The third-order valence-corrected chi connectivity index (χ3v) is 5.72. The molecule has 2 aromatic carbocycles. The molecule has 2 unspecified atom stereocenters. The first-order chi connectivity index (χ1) is 15.5. The number of hydrogen-bond donors (Lipinski definition) is 2. The maximum atomic E-state index is 14.0. The monoisotopic (exact) mass is 488 g/mol. The molecule has 0 saturated heterocycles. The summed E-state index contributed by atoms with van der Waals surface area (Å²) in [4.78, 5) is 15.3. The number of carboxylic acids is 1. The predicted octanol–water partition coefficient (Wildman–Crippen LogP) is 5.07. The van der Waals surface area contributed by atoms with Crippen molar-refractivity contribution in [3.63, 3.8) is 0 Å². The lowest BCUT2D eigenvalue weighted by molar-refractivity contribution is -0.138. The summed E-state index contributed by atoms with van der Waals surface area (Å²) in [6.07, 6.45) is 1.54.